The van der Waals surface area contributed by atoms with Crippen LogP contribution in [-0.2, 0) is 0 Å². The molecule has 96 valence electrons. The van der Waals surface area contributed by atoms with Crippen LogP contribution in [0.25, 0.3) is 11.1 Å². The number of aryl methyl sites for hydroxylation is 1. The molecule has 0 aliphatic carbocycles. The summed E-state index contributed by atoms with van der Waals surface area (Å²) in [6.07, 6.45) is 1.21. The molecule has 0 bridgehead atoms. The molecule has 0 aromatic carbocycles. The Morgan fingerprint density at radius 1 is 1.67 bits per heavy atom. The molecule has 7 nitrogen and oxygen atoms in total. The molecule has 0 fully saturated rings. The molecule has 3 N–H and O–H groups in total. The molecule has 2 rings (SSSR count). The van der Waals surface area contributed by atoms with Gasteiger partial charge < -0.3 is 19.8 Å². The normalized spacial score (nSPS) is 12.6. The van der Waals surface area contributed by atoms with E-state index >= 15 is 0 Å². The lowest BCUT2D eigenvalue weighted by Crippen LogP contribution is -2.35. The lowest BCUT2D eigenvalue weighted by molar-refractivity contribution is 0.0922. The summed E-state index contributed by atoms with van der Waals surface area (Å²) in [6, 6.07) is -0.405. The Balaban J connectivity index is 2.53. The van der Waals surface area contributed by atoms with Gasteiger partial charge in [0.15, 0.2) is 0 Å². The minimum Gasteiger partial charge on any atom is -0.442 e. The zero-order chi connectivity index (χ0) is 13.3. The third-order valence-electron chi connectivity index (χ3n) is 2.55. The number of H-pyrrole nitrogens is 1. The maximum absolute atomic E-state index is 12.0. The summed E-state index contributed by atoms with van der Waals surface area (Å²) in [7, 11) is 0. The van der Waals surface area contributed by atoms with Gasteiger partial charge in [0.2, 0.25) is 5.71 Å². The Hall–Kier alpha value is -2.15. The fraction of sp³-hybridized carbons (Fsp3) is 0.364. The van der Waals surface area contributed by atoms with Crippen molar-refractivity contribution in [2.75, 3.05) is 6.61 Å². The number of amides is 1. The molecule has 7 heteroatoms. The molecule has 2 aromatic rings. The maximum atomic E-state index is 12.0. The van der Waals surface area contributed by atoms with E-state index < -0.39 is 17.5 Å². The van der Waals surface area contributed by atoms with Gasteiger partial charge in [0.25, 0.3) is 11.5 Å². The van der Waals surface area contributed by atoms with Crippen molar-refractivity contribution >= 4 is 17.0 Å². The van der Waals surface area contributed by atoms with Crippen LogP contribution in [0.5, 0.6) is 0 Å². The van der Waals surface area contributed by atoms with Gasteiger partial charge in [-0.2, -0.15) is 0 Å². The first-order valence-electron chi connectivity index (χ1n) is 5.43. The molecule has 0 unspecified atom stereocenters. The number of nitrogens with zero attached hydrogens (tertiary/aromatic N) is 1. The number of fused-ring (bicyclic) bond motifs is 1. The topological polar surface area (TPSA) is 108 Å². The van der Waals surface area contributed by atoms with Crippen molar-refractivity contribution in [1.29, 1.82) is 0 Å². The standard InChI is InChI=1S/C11H13N3O4/c1-5(3-15)14-10(17)7-6(2)18-11-8(7)9(16)12-4-13-11/h4-5,15H,3H2,1-2H3,(H,14,17)(H,12,13,16)/t5-/m0/s1. The molecule has 18 heavy (non-hydrogen) atoms. The lowest BCUT2D eigenvalue weighted by Gasteiger charge is -2.09. The van der Waals surface area contributed by atoms with Crippen molar-refractivity contribution in [3.63, 3.8) is 0 Å². The molecule has 0 spiro atoms. The molecule has 2 aromatic heterocycles. The van der Waals surface area contributed by atoms with Crippen molar-refractivity contribution in [3.05, 3.63) is 28.0 Å². The molecule has 0 saturated heterocycles. The second-order valence-electron chi connectivity index (χ2n) is 4.00. The second-order valence-corrected chi connectivity index (χ2v) is 4.00. The van der Waals surface area contributed by atoms with E-state index in [4.69, 9.17) is 9.52 Å². The average molecular weight is 251 g/mol. The molecule has 2 heterocycles. The van der Waals surface area contributed by atoms with Crippen LogP contribution in [0.3, 0.4) is 0 Å². The van der Waals surface area contributed by atoms with Gasteiger partial charge in [0, 0.05) is 6.04 Å². The van der Waals surface area contributed by atoms with E-state index in [1.165, 1.54) is 6.33 Å². The Labute approximate surface area is 102 Å². The highest BCUT2D eigenvalue weighted by molar-refractivity contribution is 6.06. The highest BCUT2D eigenvalue weighted by Crippen LogP contribution is 2.20. The first kappa shape index (κ1) is 12.3. The number of rotatable bonds is 3. The SMILES string of the molecule is Cc1oc2nc[nH]c(=O)c2c1C(=O)N[C@@H](C)CO. The molecule has 0 aliphatic rings. The van der Waals surface area contributed by atoms with E-state index in [0.717, 1.165) is 0 Å². The first-order chi connectivity index (χ1) is 8.54. The van der Waals surface area contributed by atoms with Crippen LogP contribution in [0.4, 0.5) is 0 Å². The number of carbonyl (C=O) groups is 1. The van der Waals surface area contributed by atoms with Crippen molar-refractivity contribution in [2.45, 2.75) is 19.9 Å². The van der Waals surface area contributed by atoms with Gasteiger partial charge in [0.05, 0.1) is 18.5 Å². The highest BCUT2D eigenvalue weighted by atomic mass is 16.3. The van der Waals surface area contributed by atoms with E-state index in [1.807, 2.05) is 0 Å². The van der Waals surface area contributed by atoms with Gasteiger partial charge in [-0.05, 0) is 13.8 Å². The highest BCUT2D eigenvalue weighted by Gasteiger charge is 2.22. The number of aromatic nitrogens is 2. The van der Waals surface area contributed by atoms with Crippen molar-refractivity contribution in [3.8, 4) is 0 Å². The second kappa shape index (κ2) is 4.61. The van der Waals surface area contributed by atoms with Gasteiger partial charge in [-0.3, -0.25) is 9.59 Å². The third kappa shape index (κ3) is 2.00. The maximum Gasteiger partial charge on any atom is 0.262 e. The molecular weight excluding hydrogens is 238 g/mol. The number of carbonyl (C=O) groups excluding carboxylic acids is 1. The zero-order valence-electron chi connectivity index (χ0n) is 9.98. The van der Waals surface area contributed by atoms with Gasteiger partial charge in [-0.25, -0.2) is 4.98 Å². The average Bonchev–Trinajstić information content (AvgIpc) is 2.66. The van der Waals surface area contributed by atoms with Crippen LogP contribution in [0.2, 0.25) is 0 Å². The molecule has 0 radical (unpaired) electrons. The number of aromatic amines is 1. The predicted molar refractivity (Wildman–Crippen MR) is 63.4 cm³/mol. The summed E-state index contributed by atoms with van der Waals surface area (Å²) in [5.41, 5.74) is -0.156. The van der Waals surface area contributed by atoms with Crippen molar-refractivity contribution in [2.24, 2.45) is 0 Å². The minimum absolute atomic E-state index is 0.123. The Morgan fingerprint density at radius 2 is 2.39 bits per heavy atom. The van der Waals surface area contributed by atoms with Crippen molar-refractivity contribution < 1.29 is 14.3 Å². The number of furan rings is 1. The fourth-order valence-electron chi connectivity index (χ4n) is 1.67. The quantitative estimate of drug-likeness (QED) is 0.708. The number of hydrogen-bond donors (Lipinski definition) is 3. The van der Waals surface area contributed by atoms with Crippen LogP contribution in [-0.4, -0.2) is 33.6 Å². The van der Waals surface area contributed by atoms with E-state index in [0.29, 0.717) is 5.76 Å². The van der Waals surface area contributed by atoms with Gasteiger partial charge in [-0.15, -0.1) is 0 Å². The number of aliphatic hydroxyl groups excluding tert-OH is 1. The Bertz CT molecular complexity index is 643. The first-order valence-corrected chi connectivity index (χ1v) is 5.43. The molecule has 0 aliphatic heterocycles. The van der Waals surface area contributed by atoms with Crippen LogP contribution in [0.15, 0.2) is 15.5 Å². The smallest absolute Gasteiger partial charge is 0.262 e. The van der Waals surface area contributed by atoms with Crippen LogP contribution in [0.1, 0.15) is 23.0 Å². The molecular formula is C11H13N3O4. The predicted octanol–water partition coefficient (Wildman–Crippen LogP) is -0.0649. The number of hydrogen-bond acceptors (Lipinski definition) is 5. The summed E-state index contributed by atoms with van der Waals surface area (Å²) in [5, 5.41) is 11.6. The van der Waals surface area contributed by atoms with Crippen LogP contribution >= 0.6 is 0 Å². The van der Waals surface area contributed by atoms with Gasteiger partial charge in [-0.1, -0.05) is 0 Å². The summed E-state index contributed by atoms with van der Waals surface area (Å²) in [6.45, 7) is 3.05. The van der Waals surface area contributed by atoms with E-state index in [9.17, 15) is 9.59 Å². The van der Waals surface area contributed by atoms with Gasteiger partial charge >= 0.3 is 0 Å². The van der Waals surface area contributed by atoms with Crippen molar-refractivity contribution in [1.82, 2.24) is 15.3 Å². The van der Waals surface area contributed by atoms with E-state index in [-0.39, 0.29) is 23.3 Å². The number of nitrogens with one attached hydrogen (secondary N) is 2. The summed E-state index contributed by atoms with van der Waals surface area (Å²) >= 11 is 0. The largest absolute Gasteiger partial charge is 0.442 e. The fourth-order valence-corrected chi connectivity index (χ4v) is 1.67. The summed E-state index contributed by atoms with van der Waals surface area (Å²) in [4.78, 5) is 29.9. The number of aliphatic hydroxyl groups is 1. The molecule has 1 amide bonds. The molecule has 1 atom stereocenters. The minimum atomic E-state index is -0.466. The molecule has 0 saturated carbocycles. The summed E-state index contributed by atoms with van der Waals surface area (Å²) < 4.78 is 5.26. The Morgan fingerprint density at radius 3 is 3.06 bits per heavy atom. The van der Waals surface area contributed by atoms with Gasteiger partial charge in [0.1, 0.15) is 11.1 Å². The summed E-state index contributed by atoms with van der Waals surface area (Å²) in [5.74, 6) is -0.150. The third-order valence-corrected chi connectivity index (χ3v) is 2.55. The lowest BCUT2D eigenvalue weighted by atomic mass is 10.1. The zero-order valence-corrected chi connectivity index (χ0v) is 9.98. The monoisotopic (exact) mass is 251 g/mol. The van der Waals surface area contributed by atoms with Crippen LogP contribution < -0.4 is 10.9 Å². The van der Waals surface area contributed by atoms with Crippen LogP contribution in [0, 0.1) is 6.92 Å². The van der Waals surface area contributed by atoms with E-state index in [1.54, 1.807) is 13.8 Å². The Kier molecular flexibility index (Phi) is 3.15. The van der Waals surface area contributed by atoms with E-state index in [2.05, 4.69) is 15.3 Å².